The summed E-state index contributed by atoms with van der Waals surface area (Å²) in [4.78, 5) is 26.2. The third-order valence-electron chi connectivity index (χ3n) is 4.24. The third kappa shape index (κ3) is 6.14. The molecule has 0 bridgehead atoms. The zero-order chi connectivity index (χ0) is 22.1. The number of amides is 2. The summed E-state index contributed by atoms with van der Waals surface area (Å²) in [6.45, 7) is 6.93. The average molecular weight is 415 g/mol. The largest absolute Gasteiger partial charge is 0.490 e. The van der Waals surface area contributed by atoms with Crippen molar-refractivity contribution in [2.75, 3.05) is 39.2 Å². The molecule has 0 radical (unpaired) electrons. The van der Waals surface area contributed by atoms with Crippen LogP contribution in [0.15, 0.2) is 36.4 Å². The van der Waals surface area contributed by atoms with E-state index >= 15 is 0 Å². The minimum Gasteiger partial charge on any atom is -0.490 e. The van der Waals surface area contributed by atoms with Gasteiger partial charge < -0.3 is 24.4 Å². The summed E-state index contributed by atoms with van der Waals surface area (Å²) in [6, 6.07) is 10.5. The molecule has 0 saturated carbocycles. The number of rotatable bonds is 10. The second-order valence-corrected chi connectivity index (χ2v) is 6.72. The minimum atomic E-state index is -0.294. The first kappa shape index (κ1) is 23.1. The molecule has 0 heterocycles. The number of nitrogens with one attached hydrogen (secondary N) is 1. The molecule has 0 aliphatic rings. The first-order chi connectivity index (χ1) is 14.4. The van der Waals surface area contributed by atoms with Gasteiger partial charge in [0.05, 0.1) is 26.2 Å². The summed E-state index contributed by atoms with van der Waals surface area (Å²) >= 11 is 0. The smallest absolute Gasteiger partial charge is 0.255 e. The zero-order valence-corrected chi connectivity index (χ0v) is 18.3. The van der Waals surface area contributed by atoms with Crippen molar-refractivity contribution in [3.8, 4) is 17.2 Å². The van der Waals surface area contributed by atoms with Gasteiger partial charge in [0.15, 0.2) is 11.5 Å². The molecule has 7 heteroatoms. The van der Waals surface area contributed by atoms with E-state index in [-0.39, 0.29) is 11.8 Å². The number of benzene rings is 2. The molecule has 2 aromatic carbocycles. The second kappa shape index (κ2) is 11.1. The first-order valence-electron chi connectivity index (χ1n) is 10.1. The summed E-state index contributed by atoms with van der Waals surface area (Å²) in [5.74, 6) is 1.15. The Balaban J connectivity index is 2.22. The van der Waals surface area contributed by atoms with Gasteiger partial charge in [0.25, 0.3) is 5.91 Å². The van der Waals surface area contributed by atoms with Crippen molar-refractivity contribution in [2.24, 2.45) is 0 Å². The van der Waals surface area contributed by atoms with Gasteiger partial charge in [-0.3, -0.25) is 9.59 Å². The Morgan fingerprint density at radius 2 is 1.40 bits per heavy atom. The molecule has 0 fully saturated rings. The molecule has 2 rings (SSSR count). The molecule has 0 spiro atoms. The standard InChI is InChI=1S/C23H30N2O5/c1-6-28-19-14-17(15-20(29-7-2)22(19)30-8-3)23(27)24-18-11-9-16(10-12-18)13-21(26)25(4)5/h9-12,14-15H,6-8,13H2,1-5H3,(H,24,27). The lowest BCUT2D eigenvalue weighted by molar-refractivity contribution is -0.127. The van der Waals surface area contributed by atoms with Crippen LogP contribution in [-0.2, 0) is 11.2 Å². The number of nitrogens with zero attached hydrogens (tertiary/aromatic N) is 1. The summed E-state index contributed by atoms with van der Waals surface area (Å²) in [5, 5.41) is 2.87. The fraction of sp³-hybridized carbons (Fsp3) is 0.391. The van der Waals surface area contributed by atoms with Crippen molar-refractivity contribution in [2.45, 2.75) is 27.2 Å². The van der Waals surface area contributed by atoms with E-state index in [1.807, 2.05) is 32.9 Å². The van der Waals surface area contributed by atoms with Gasteiger partial charge in [0.1, 0.15) is 0 Å². The van der Waals surface area contributed by atoms with Gasteiger partial charge in [-0.1, -0.05) is 12.1 Å². The van der Waals surface area contributed by atoms with Crippen LogP contribution in [0, 0.1) is 0 Å². The number of ether oxygens (including phenoxy) is 3. The van der Waals surface area contributed by atoms with Gasteiger partial charge >= 0.3 is 0 Å². The van der Waals surface area contributed by atoms with E-state index in [1.54, 1.807) is 43.3 Å². The molecule has 0 saturated heterocycles. The number of likely N-dealkylation sites (N-methyl/N-ethyl adjacent to an activating group) is 1. The Kier molecular flexibility index (Phi) is 8.53. The molecule has 0 aliphatic heterocycles. The number of carbonyl (C=O) groups excluding carboxylic acids is 2. The van der Waals surface area contributed by atoms with Crippen molar-refractivity contribution in [3.63, 3.8) is 0 Å². The summed E-state index contributed by atoms with van der Waals surface area (Å²) in [5.41, 5.74) is 1.91. The molecular formula is C23H30N2O5. The van der Waals surface area contributed by atoms with E-state index in [0.29, 0.717) is 54.7 Å². The normalized spacial score (nSPS) is 10.3. The molecule has 1 N–H and O–H groups in total. The third-order valence-corrected chi connectivity index (χ3v) is 4.24. The van der Waals surface area contributed by atoms with E-state index in [1.165, 1.54) is 0 Å². The van der Waals surface area contributed by atoms with Crippen LogP contribution < -0.4 is 19.5 Å². The predicted molar refractivity (Wildman–Crippen MR) is 117 cm³/mol. The maximum Gasteiger partial charge on any atom is 0.255 e. The highest BCUT2D eigenvalue weighted by molar-refractivity contribution is 6.05. The fourth-order valence-corrected chi connectivity index (χ4v) is 2.76. The van der Waals surface area contributed by atoms with Crippen LogP contribution in [0.4, 0.5) is 5.69 Å². The highest BCUT2D eigenvalue weighted by Crippen LogP contribution is 2.39. The van der Waals surface area contributed by atoms with Gasteiger partial charge in [-0.05, 0) is 50.6 Å². The van der Waals surface area contributed by atoms with Gasteiger partial charge in [0, 0.05) is 25.3 Å². The van der Waals surface area contributed by atoms with Crippen LogP contribution >= 0.6 is 0 Å². The molecule has 162 valence electrons. The van der Waals surface area contributed by atoms with Crippen LogP contribution in [0.25, 0.3) is 0 Å². The molecule has 0 unspecified atom stereocenters. The zero-order valence-electron chi connectivity index (χ0n) is 18.3. The van der Waals surface area contributed by atoms with Crippen LogP contribution in [-0.4, -0.2) is 50.6 Å². The van der Waals surface area contributed by atoms with Crippen LogP contribution in [0.1, 0.15) is 36.7 Å². The van der Waals surface area contributed by atoms with E-state index in [4.69, 9.17) is 14.2 Å². The Labute approximate surface area is 177 Å². The summed E-state index contributed by atoms with van der Waals surface area (Å²) in [6.07, 6.45) is 0.315. The lowest BCUT2D eigenvalue weighted by Gasteiger charge is -2.17. The van der Waals surface area contributed by atoms with Crippen LogP contribution in [0.2, 0.25) is 0 Å². The molecule has 0 aromatic heterocycles. The van der Waals surface area contributed by atoms with E-state index in [2.05, 4.69) is 5.32 Å². The van der Waals surface area contributed by atoms with E-state index < -0.39 is 0 Å². The monoisotopic (exact) mass is 414 g/mol. The molecule has 2 aromatic rings. The molecule has 30 heavy (non-hydrogen) atoms. The number of carbonyl (C=O) groups is 2. The quantitative estimate of drug-likeness (QED) is 0.640. The molecule has 2 amide bonds. The predicted octanol–water partition coefficient (Wildman–Crippen LogP) is 3.77. The Morgan fingerprint density at radius 3 is 1.87 bits per heavy atom. The van der Waals surface area contributed by atoms with Crippen molar-refractivity contribution >= 4 is 17.5 Å². The molecule has 7 nitrogen and oxygen atoms in total. The molecule has 0 aliphatic carbocycles. The second-order valence-electron chi connectivity index (χ2n) is 6.72. The number of anilines is 1. The highest BCUT2D eigenvalue weighted by Gasteiger charge is 2.18. The van der Waals surface area contributed by atoms with Crippen molar-refractivity contribution in [1.82, 2.24) is 4.90 Å². The SMILES string of the molecule is CCOc1cc(C(=O)Nc2ccc(CC(=O)N(C)C)cc2)cc(OCC)c1OCC. The number of hydrogen-bond acceptors (Lipinski definition) is 5. The molecular weight excluding hydrogens is 384 g/mol. The maximum atomic E-state index is 12.8. The van der Waals surface area contributed by atoms with Crippen molar-refractivity contribution in [3.05, 3.63) is 47.5 Å². The van der Waals surface area contributed by atoms with Crippen molar-refractivity contribution in [1.29, 1.82) is 0 Å². The van der Waals surface area contributed by atoms with Gasteiger partial charge in [0.2, 0.25) is 11.7 Å². The minimum absolute atomic E-state index is 0.0214. The van der Waals surface area contributed by atoms with Gasteiger partial charge in [-0.25, -0.2) is 0 Å². The Hall–Kier alpha value is -3.22. The first-order valence-corrected chi connectivity index (χ1v) is 10.1. The summed E-state index contributed by atoms with van der Waals surface area (Å²) in [7, 11) is 3.45. The maximum absolute atomic E-state index is 12.8. The van der Waals surface area contributed by atoms with Crippen LogP contribution in [0.3, 0.4) is 0 Å². The van der Waals surface area contributed by atoms with E-state index in [9.17, 15) is 9.59 Å². The fourth-order valence-electron chi connectivity index (χ4n) is 2.76. The highest BCUT2D eigenvalue weighted by atomic mass is 16.5. The topological polar surface area (TPSA) is 77.1 Å². The van der Waals surface area contributed by atoms with Crippen molar-refractivity contribution < 1.29 is 23.8 Å². The Bertz CT molecular complexity index is 835. The number of hydrogen-bond donors (Lipinski definition) is 1. The van der Waals surface area contributed by atoms with Gasteiger partial charge in [-0.15, -0.1) is 0 Å². The Morgan fingerprint density at radius 1 is 0.867 bits per heavy atom. The van der Waals surface area contributed by atoms with Gasteiger partial charge in [-0.2, -0.15) is 0 Å². The van der Waals surface area contributed by atoms with Crippen LogP contribution in [0.5, 0.6) is 17.2 Å². The summed E-state index contributed by atoms with van der Waals surface area (Å²) < 4.78 is 17.0. The molecule has 0 atom stereocenters. The lowest BCUT2D eigenvalue weighted by atomic mass is 10.1. The lowest BCUT2D eigenvalue weighted by Crippen LogP contribution is -2.23. The average Bonchev–Trinajstić information content (AvgIpc) is 2.71. The van der Waals surface area contributed by atoms with E-state index in [0.717, 1.165) is 5.56 Å².